The highest BCUT2D eigenvalue weighted by atomic mass is 35.5. The van der Waals surface area contributed by atoms with Gasteiger partial charge in [-0.3, -0.25) is 5.41 Å². The first-order chi connectivity index (χ1) is 4.20. The Kier molecular flexibility index (Phi) is 1.78. The molecular formula is C5H3Cl2N2. The summed E-state index contributed by atoms with van der Waals surface area (Å²) in [6, 6.07) is 0. The Hall–Kier alpha value is -0.470. The molecule has 0 aliphatic carbocycles. The van der Waals surface area contributed by atoms with Gasteiger partial charge >= 0.3 is 0 Å². The summed E-state index contributed by atoms with van der Waals surface area (Å²) in [7, 11) is 0. The Morgan fingerprint density at radius 3 is 2.56 bits per heavy atom. The zero-order valence-corrected chi connectivity index (χ0v) is 5.87. The van der Waals surface area contributed by atoms with Gasteiger partial charge in [0, 0.05) is 6.20 Å². The van der Waals surface area contributed by atoms with Crippen LogP contribution in [-0.4, -0.2) is 5.84 Å². The number of amidine groups is 1. The van der Waals surface area contributed by atoms with E-state index < -0.39 is 0 Å². The molecule has 9 heavy (non-hydrogen) atoms. The van der Waals surface area contributed by atoms with Crippen LogP contribution in [0.25, 0.3) is 0 Å². The van der Waals surface area contributed by atoms with E-state index in [9.17, 15) is 0 Å². The average molecular weight is 162 g/mol. The van der Waals surface area contributed by atoms with Crippen molar-refractivity contribution >= 4 is 29.0 Å². The molecule has 2 nitrogen and oxygen atoms in total. The highest BCUT2D eigenvalue weighted by Crippen LogP contribution is 2.14. The van der Waals surface area contributed by atoms with Gasteiger partial charge in [-0.05, 0) is 6.08 Å². The van der Waals surface area contributed by atoms with Gasteiger partial charge in [0.1, 0.15) is 0 Å². The maximum absolute atomic E-state index is 7.01. The fourth-order valence-electron chi connectivity index (χ4n) is 0.415. The Labute approximate surface area is 62.7 Å². The minimum Gasteiger partial charge on any atom is -0.282 e. The predicted molar refractivity (Wildman–Crippen MR) is 37.7 cm³/mol. The van der Waals surface area contributed by atoms with Crippen molar-refractivity contribution in [2.75, 3.05) is 0 Å². The fourth-order valence-corrected chi connectivity index (χ4v) is 0.795. The molecule has 0 fully saturated rings. The van der Waals surface area contributed by atoms with E-state index in [1.807, 2.05) is 0 Å². The second kappa shape index (κ2) is 2.42. The smallest absolute Gasteiger partial charge is 0.163 e. The molecule has 0 spiro atoms. The molecule has 0 aromatic heterocycles. The molecule has 0 saturated carbocycles. The summed E-state index contributed by atoms with van der Waals surface area (Å²) in [5.74, 6) is 0.0565. The normalized spacial score (nSPS) is 18.2. The number of allylic oxidation sites excluding steroid dienone is 2. The highest BCUT2D eigenvalue weighted by Gasteiger charge is 2.06. The molecule has 4 heteroatoms. The monoisotopic (exact) mass is 161 g/mol. The summed E-state index contributed by atoms with van der Waals surface area (Å²) >= 11 is 11.0. The van der Waals surface area contributed by atoms with Crippen molar-refractivity contribution in [1.82, 2.24) is 5.32 Å². The van der Waals surface area contributed by atoms with Gasteiger partial charge in [0.15, 0.2) is 5.84 Å². The molecule has 1 aliphatic heterocycles. The second-order valence-corrected chi connectivity index (χ2v) is 2.33. The van der Waals surface area contributed by atoms with E-state index in [0.717, 1.165) is 0 Å². The zero-order chi connectivity index (χ0) is 6.85. The molecule has 1 radical (unpaired) electrons. The van der Waals surface area contributed by atoms with Crippen LogP contribution in [0.4, 0.5) is 0 Å². The molecule has 1 rings (SSSR count). The van der Waals surface area contributed by atoms with Crippen LogP contribution in [-0.2, 0) is 0 Å². The van der Waals surface area contributed by atoms with Crippen molar-refractivity contribution < 1.29 is 0 Å². The van der Waals surface area contributed by atoms with Crippen LogP contribution in [0.3, 0.4) is 0 Å². The largest absolute Gasteiger partial charge is 0.282 e. The quantitative estimate of drug-likeness (QED) is 0.563. The minimum absolute atomic E-state index is 0.0565. The van der Waals surface area contributed by atoms with E-state index in [4.69, 9.17) is 28.6 Å². The van der Waals surface area contributed by atoms with E-state index in [1.165, 1.54) is 12.3 Å². The van der Waals surface area contributed by atoms with Crippen molar-refractivity contribution in [1.29, 1.82) is 5.41 Å². The van der Waals surface area contributed by atoms with E-state index in [-0.39, 0.29) is 10.9 Å². The van der Waals surface area contributed by atoms with Gasteiger partial charge in [0.25, 0.3) is 0 Å². The molecule has 1 heterocycles. The first-order valence-electron chi connectivity index (χ1n) is 2.23. The lowest BCUT2D eigenvalue weighted by atomic mass is 10.4. The van der Waals surface area contributed by atoms with Gasteiger partial charge in [-0.25, -0.2) is 5.32 Å². The summed E-state index contributed by atoms with van der Waals surface area (Å²) in [6.07, 6.45) is 2.87. The van der Waals surface area contributed by atoms with Crippen LogP contribution in [0.1, 0.15) is 0 Å². The van der Waals surface area contributed by atoms with Crippen LogP contribution in [0, 0.1) is 5.41 Å². The summed E-state index contributed by atoms with van der Waals surface area (Å²) in [4.78, 5) is 0. The second-order valence-electron chi connectivity index (χ2n) is 1.48. The molecule has 0 amide bonds. The fraction of sp³-hybridized carbons (Fsp3) is 0. The Bertz CT molecular complexity index is 205. The Morgan fingerprint density at radius 1 is 1.44 bits per heavy atom. The zero-order valence-electron chi connectivity index (χ0n) is 4.36. The van der Waals surface area contributed by atoms with Crippen LogP contribution in [0.15, 0.2) is 22.3 Å². The minimum atomic E-state index is 0.0565. The van der Waals surface area contributed by atoms with Gasteiger partial charge in [-0.1, -0.05) is 23.2 Å². The molecular weight excluding hydrogens is 159 g/mol. The topological polar surface area (TPSA) is 38.0 Å². The molecule has 1 N–H and O–H groups in total. The van der Waals surface area contributed by atoms with E-state index in [1.54, 1.807) is 0 Å². The average Bonchev–Trinajstić information content (AvgIpc) is 1.80. The molecule has 0 saturated heterocycles. The lowest BCUT2D eigenvalue weighted by Crippen LogP contribution is -2.11. The van der Waals surface area contributed by atoms with E-state index >= 15 is 0 Å². The number of hydrogen-bond donors (Lipinski definition) is 1. The summed E-state index contributed by atoms with van der Waals surface area (Å²) < 4.78 is 0. The van der Waals surface area contributed by atoms with Crippen LogP contribution >= 0.6 is 23.2 Å². The standard InChI is InChI=1S/C5H3Cl2N2/c6-3-1-4(7)5(8)9-2-3/h1-2,8H. The third-order valence-corrected chi connectivity index (χ3v) is 1.30. The first kappa shape index (κ1) is 6.65. The molecule has 0 unspecified atom stereocenters. The molecule has 0 aromatic rings. The van der Waals surface area contributed by atoms with Crippen LogP contribution < -0.4 is 5.32 Å². The summed E-state index contributed by atoms with van der Waals surface area (Å²) in [5.41, 5.74) is 0. The van der Waals surface area contributed by atoms with Crippen molar-refractivity contribution in [3.63, 3.8) is 0 Å². The van der Waals surface area contributed by atoms with Gasteiger partial charge < -0.3 is 0 Å². The molecule has 0 bridgehead atoms. The Balaban J connectivity index is 2.87. The third-order valence-electron chi connectivity index (χ3n) is 0.808. The number of hydrogen-bond acceptors (Lipinski definition) is 1. The number of nitrogens with one attached hydrogen (secondary N) is 1. The van der Waals surface area contributed by atoms with Crippen molar-refractivity contribution in [2.24, 2.45) is 0 Å². The van der Waals surface area contributed by atoms with E-state index in [0.29, 0.717) is 5.03 Å². The summed E-state index contributed by atoms with van der Waals surface area (Å²) in [6.45, 7) is 0. The van der Waals surface area contributed by atoms with Gasteiger partial charge in [-0.15, -0.1) is 0 Å². The lowest BCUT2D eigenvalue weighted by molar-refractivity contribution is 1.19. The third kappa shape index (κ3) is 1.47. The molecule has 0 atom stereocenters. The maximum Gasteiger partial charge on any atom is 0.163 e. The Morgan fingerprint density at radius 2 is 2.11 bits per heavy atom. The van der Waals surface area contributed by atoms with Crippen molar-refractivity contribution in [2.45, 2.75) is 0 Å². The van der Waals surface area contributed by atoms with Crippen LogP contribution in [0.5, 0.6) is 0 Å². The highest BCUT2D eigenvalue weighted by molar-refractivity contribution is 6.44. The van der Waals surface area contributed by atoms with Crippen LogP contribution in [0.2, 0.25) is 0 Å². The van der Waals surface area contributed by atoms with Gasteiger partial charge in [0.05, 0.1) is 10.1 Å². The summed E-state index contributed by atoms with van der Waals surface area (Å²) in [5, 5.41) is 11.3. The molecule has 0 aromatic carbocycles. The molecule has 47 valence electrons. The van der Waals surface area contributed by atoms with Gasteiger partial charge in [0.2, 0.25) is 0 Å². The van der Waals surface area contributed by atoms with Crippen molar-refractivity contribution in [3.8, 4) is 0 Å². The molecule has 1 aliphatic rings. The predicted octanol–water partition coefficient (Wildman–Crippen LogP) is 1.78. The lowest BCUT2D eigenvalue weighted by Gasteiger charge is -2.03. The SMILES string of the molecule is N=C1[N]C=C(Cl)C=C1Cl. The van der Waals surface area contributed by atoms with E-state index in [2.05, 4.69) is 5.32 Å². The van der Waals surface area contributed by atoms with Gasteiger partial charge in [-0.2, -0.15) is 0 Å². The first-order valence-corrected chi connectivity index (χ1v) is 2.98. The number of rotatable bonds is 0. The van der Waals surface area contributed by atoms with Crippen molar-refractivity contribution in [3.05, 3.63) is 22.3 Å². The number of halogens is 2. The number of nitrogens with zero attached hydrogens (tertiary/aromatic N) is 1. The maximum atomic E-state index is 7.01.